The highest BCUT2D eigenvalue weighted by Gasteiger charge is 2.29. The first-order valence-electron chi connectivity index (χ1n) is 9.61. The molecule has 3 nitrogen and oxygen atoms in total. The first-order valence-corrected chi connectivity index (χ1v) is 9.61. The summed E-state index contributed by atoms with van der Waals surface area (Å²) >= 11 is 0. The number of hydrogen-bond acceptors (Lipinski definition) is 3. The van der Waals surface area contributed by atoms with Gasteiger partial charge in [0.1, 0.15) is 5.75 Å². The number of aryl methyl sites for hydroxylation is 1. The van der Waals surface area contributed by atoms with Crippen molar-refractivity contribution in [1.82, 2.24) is 5.32 Å². The molecule has 1 saturated carbocycles. The van der Waals surface area contributed by atoms with E-state index in [4.69, 9.17) is 4.74 Å². The number of rotatable bonds is 3. The Kier molecular flexibility index (Phi) is 5.21. The Bertz CT molecular complexity index is 680. The molecule has 1 aliphatic carbocycles. The Labute approximate surface area is 151 Å². The predicted octanol–water partition coefficient (Wildman–Crippen LogP) is 4.81. The Morgan fingerprint density at radius 3 is 2.52 bits per heavy atom. The Morgan fingerprint density at radius 2 is 1.88 bits per heavy atom. The maximum atomic E-state index is 12.9. The van der Waals surface area contributed by atoms with E-state index in [9.17, 15) is 4.79 Å². The SMILES string of the molecule is COc1cc2c(cc1C)CC(C)(C)N/C2=C/C(=O)C1CCCCCC1. The number of methoxy groups -OCH3 is 1. The van der Waals surface area contributed by atoms with Gasteiger partial charge >= 0.3 is 0 Å². The highest BCUT2D eigenvalue weighted by molar-refractivity contribution is 5.98. The Morgan fingerprint density at radius 1 is 1.20 bits per heavy atom. The molecule has 0 amide bonds. The lowest BCUT2D eigenvalue weighted by Gasteiger charge is -2.36. The lowest BCUT2D eigenvalue weighted by Crippen LogP contribution is -2.44. The molecule has 1 aliphatic heterocycles. The number of ketones is 1. The summed E-state index contributed by atoms with van der Waals surface area (Å²) in [5, 5.41) is 3.59. The quantitative estimate of drug-likeness (QED) is 0.633. The van der Waals surface area contributed by atoms with Crippen LogP contribution in [0.15, 0.2) is 18.2 Å². The van der Waals surface area contributed by atoms with Crippen molar-refractivity contribution in [1.29, 1.82) is 0 Å². The van der Waals surface area contributed by atoms with Crippen molar-refractivity contribution in [3.8, 4) is 5.75 Å². The van der Waals surface area contributed by atoms with Crippen LogP contribution in [0.3, 0.4) is 0 Å². The van der Waals surface area contributed by atoms with Crippen LogP contribution in [0.2, 0.25) is 0 Å². The smallest absolute Gasteiger partial charge is 0.160 e. The van der Waals surface area contributed by atoms with E-state index < -0.39 is 0 Å². The number of nitrogens with one attached hydrogen (secondary N) is 1. The van der Waals surface area contributed by atoms with Crippen molar-refractivity contribution in [3.05, 3.63) is 34.9 Å². The van der Waals surface area contributed by atoms with Crippen molar-refractivity contribution in [2.45, 2.75) is 71.3 Å². The third kappa shape index (κ3) is 4.08. The average Bonchev–Trinajstić information content (AvgIpc) is 2.82. The summed E-state index contributed by atoms with van der Waals surface area (Å²) in [4.78, 5) is 12.9. The van der Waals surface area contributed by atoms with Gasteiger partial charge in [-0.3, -0.25) is 4.79 Å². The van der Waals surface area contributed by atoms with E-state index in [2.05, 4.69) is 38.2 Å². The molecule has 136 valence electrons. The monoisotopic (exact) mass is 341 g/mol. The van der Waals surface area contributed by atoms with Gasteiger partial charge in [-0.15, -0.1) is 0 Å². The lowest BCUT2D eigenvalue weighted by molar-refractivity contribution is -0.118. The second-order valence-corrected chi connectivity index (χ2v) is 8.31. The second-order valence-electron chi connectivity index (χ2n) is 8.31. The van der Waals surface area contributed by atoms with Gasteiger partial charge in [-0.05, 0) is 57.2 Å². The normalized spacial score (nSPS) is 22.0. The van der Waals surface area contributed by atoms with Gasteiger partial charge in [-0.1, -0.05) is 31.7 Å². The van der Waals surface area contributed by atoms with Crippen molar-refractivity contribution in [2.24, 2.45) is 5.92 Å². The van der Waals surface area contributed by atoms with E-state index in [0.717, 1.165) is 41.8 Å². The third-order valence-corrected chi connectivity index (χ3v) is 5.56. The molecule has 1 aromatic carbocycles. The number of ether oxygens (including phenoxy) is 1. The zero-order chi connectivity index (χ0) is 18.0. The standard InChI is InChI=1S/C22H31NO2/c1-15-11-17-14-22(2,3)23-19(18(17)12-21(15)25-4)13-20(24)16-9-7-5-6-8-10-16/h11-13,16,23H,5-10,14H2,1-4H3/b19-13+. The van der Waals surface area contributed by atoms with Gasteiger partial charge in [0.15, 0.2) is 5.78 Å². The van der Waals surface area contributed by atoms with Gasteiger partial charge in [0.05, 0.1) is 7.11 Å². The number of benzene rings is 1. The molecule has 2 aliphatic rings. The van der Waals surface area contributed by atoms with Crippen LogP contribution < -0.4 is 10.1 Å². The zero-order valence-corrected chi connectivity index (χ0v) is 16.1. The summed E-state index contributed by atoms with van der Waals surface area (Å²) in [6.45, 7) is 6.47. The van der Waals surface area contributed by atoms with E-state index >= 15 is 0 Å². The summed E-state index contributed by atoms with van der Waals surface area (Å²) in [5.74, 6) is 1.36. The molecule has 3 heteroatoms. The number of carbonyl (C=O) groups is 1. The molecular weight excluding hydrogens is 310 g/mol. The molecule has 0 radical (unpaired) electrons. The molecule has 1 fully saturated rings. The van der Waals surface area contributed by atoms with Crippen LogP contribution in [-0.2, 0) is 11.2 Å². The molecule has 0 saturated heterocycles. The first-order chi connectivity index (χ1) is 11.9. The minimum absolute atomic E-state index is 0.0520. The van der Waals surface area contributed by atoms with Crippen LogP contribution in [0.25, 0.3) is 5.70 Å². The van der Waals surface area contributed by atoms with Gasteiger partial charge in [0, 0.05) is 28.8 Å². The van der Waals surface area contributed by atoms with Crippen LogP contribution in [-0.4, -0.2) is 18.4 Å². The highest BCUT2D eigenvalue weighted by Crippen LogP contribution is 2.35. The summed E-state index contributed by atoms with van der Waals surface area (Å²) in [7, 11) is 1.70. The fraction of sp³-hybridized carbons (Fsp3) is 0.591. The fourth-order valence-corrected chi connectivity index (χ4v) is 4.25. The van der Waals surface area contributed by atoms with Gasteiger partial charge in [-0.25, -0.2) is 0 Å². The summed E-state index contributed by atoms with van der Waals surface area (Å²) < 4.78 is 5.51. The van der Waals surface area contributed by atoms with E-state index in [0.29, 0.717) is 0 Å². The van der Waals surface area contributed by atoms with Gasteiger partial charge in [-0.2, -0.15) is 0 Å². The molecule has 0 aromatic heterocycles. The van der Waals surface area contributed by atoms with Crippen LogP contribution in [0.4, 0.5) is 0 Å². The van der Waals surface area contributed by atoms with Crippen molar-refractivity contribution >= 4 is 11.5 Å². The number of fused-ring (bicyclic) bond motifs is 1. The molecule has 25 heavy (non-hydrogen) atoms. The van der Waals surface area contributed by atoms with E-state index in [1.807, 2.05) is 6.08 Å². The van der Waals surface area contributed by atoms with E-state index in [-0.39, 0.29) is 17.2 Å². The Hall–Kier alpha value is -1.77. The molecule has 0 bridgehead atoms. The summed E-state index contributed by atoms with van der Waals surface area (Å²) in [6, 6.07) is 4.29. The van der Waals surface area contributed by atoms with Gasteiger partial charge in [0.2, 0.25) is 0 Å². The highest BCUT2D eigenvalue weighted by atomic mass is 16.5. The molecular formula is C22H31NO2. The second kappa shape index (κ2) is 7.23. The average molecular weight is 341 g/mol. The topological polar surface area (TPSA) is 38.3 Å². The number of hydrogen-bond donors (Lipinski definition) is 1. The molecule has 1 heterocycles. The minimum atomic E-state index is -0.0520. The van der Waals surface area contributed by atoms with Crippen molar-refractivity contribution in [2.75, 3.05) is 7.11 Å². The van der Waals surface area contributed by atoms with Crippen molar-refractivity contribution < 1.29 is 9.53 Å². The van der Waals surface area contributed by atoms with Gasteiger partial charge < -0.3 is 10.1 Å². The summed E-state index contributed by atoms with van der Waals surface area (Å²) in [5.41, 5.74) is 4.46. The van der Waals surface area contributed by atoms with E-state index in [1.165, 1.54) is 31.2 Å². The van der Waals surface area contributed by atoms with Crippen LogP contribution in [0.5, 0.6) is 5.75 Å². The molecule has 0 spiro atoms. The molecule has 1 N–H and O–H groups in total. The molecule has 0 unspecified atom stereocenters. The molecule has 0 atom stereocenters. The molecule has 3 rings (SSSR count). The van der Waals surface area contributed by atoms with E-state index in [1.54, 1.807) is 7.11 Å². The Balaban J connectivity index is 1.96. The van der Waals surface area contributed by atoms with Crippen LogP contribution in [0.1, 0.15) is 69.1 Å². The van der Waals surface area contributed by atoms with Gasteiger partial charge in [0.25, 0.3) is 0 Å². The van der Waals surface area contributed by atoms with Crippen LogP contribution >= 0.6 is 0 Å². The third-order valence-electron chi connectivity index (χ3n) is 5.56. The maximum absolute atomic E-state index is 12.9. The number of carbonyl (C=O) groups excluding carboxylic acids is 1. The number of allylic oxidation sites excluding steroid dienone is 1. The predicted molar refractivity (Wildman–Crippen MR) is 103 cm³/mol. The lowest BCUT2D eigenvalue weighted by atomic mass is 9.84. The van der Waals surface area contributed by atoms with Crippen molar-refractivity contribution in [3.63, 3.8) is 0 Å². The largest absolute Gasteiger partial charge is 0.496 e. The van der Waals surface area contributed by atoms with Crippen LogP contribution in [0, 0.1) is 12.8 Å². The minimum Gasteiger partial charge on any atom is -0.496 e. The molecule has 1 aromatic rings. The fourth-order valence-electron chi connectivity index (χ4n) is 4.25. The summed E-state index contributed by atoms with van der Waals surface area (Å²) in [6.07, 6.45) is 9.79. The zero-order valence-electron chi connectivity index (χ0n) is 16.1. The maximum Gasteiger partial charge on any atom is 0.160 e. The first kappa shape index (κ1) is 18.0.